The number of ether oxygens (including phenoxy) is 2. The van der Waals surface area contributed by atoms with Gasteiger partial charge >= 0.3 is 5.97 Å². The quantitative estimate of drug-likeness (QED) is 0.431. The Hall–Kier alpha value is -3.31. The van der Waals surface area contributed by atoms with Gasteiger partial charge in [-0.05, 0) is 77.2 Å². The van der Waals surface area contributed by atoms with Gasteiger partial charge < -0.3 is 9.47 Å². The van der Waals surface area contributed by atoms with Crippen LogP contribution in [0.3, 0.4) is 0 Å². The number of hydrogen-bond acceptors (Lipinski definition) is 5. The monoisotopic (exact) mass is 374 g/mol. The second-order valence-electron chi connectivity index (χ2n) is 6.50. The maximum Gasteiger partial charge on any atom is 0.332 e. The smallest absolute Gasteiger partial charge is 0.332 e. The van der Waals surface area contributed by atoms with Crippen LogP contribution >= 0.6 is 0 Å². The van der Waals surface area contributed by atoms with Crippen molar-refractivity contribution < 1.29 is 14.3 Å². The molecule has 0 aliphatic carbocycles. The molecule has 142 valence electrons. The molecule has 0 N–H and O–H groups in total. The van der Waals surface area contributed by atoms with Crippen LogP contribution in [0.1, 0.15) is 12.5 Å². The van der Waals surface area contributed by atoms with E-state index in [4.69, 9.17) is 9.47 Å². The molecule has 1 aromatic carbocycles. The summed E-state index contributed by atoms with van der Waals surface area (Å²) in [6, 6.07) is 13.9. The van der Waals surface area contributed by atoms with Crippen molar-refractivity contribution in [2.45, 2.75) is 13.5 Å². The van der Waals surface area contributed by atoms with Crippen LogP contribution in [0.5, 0.6) is 0 Å². The lowest BCUT2D eigenvalue weighted by atomic mass is 9.97. The first-order valence-corrected chi connectivity index (χ1v) is 8.94. The molecular weight excluding hydrogens is 352 g/mol. The summed E-state index contributed by atoms with van der Waals surface area (Å²) in [6.45, 7) is 6.01. The molecule has 0 fully saturated rings. The number of rotatable bonds is 8. The third-order valence-electron chi connectivity index (χ3n) is 3.99. The molecule has 5 heteroatoms. The maximum atomic E-state index is 11.9. The van der Waals surface area contributed by atoms with Gasteiger partial charge in [0.2, 0.25) is 0 Å². The van der Waals surface area contributed by atoms with Crippen LogP contribution < -0.4 is 0 Å². The van der Waals surface area contributed by atoms with Crippen molar-refractivity contribution in [3.05, 3.63) is 85.0 Å². The van der Waals surface area contributed by atoms with Gasteiger partial charge in [0.15, 0.2) is 0 Å². The first-order chi connectivity index (χ1) is 13.6. The number of hydrogen-bond donors (Lipinski definition) is 0. The van der Waals surface area contributed by atoms with E-state index in [-0.39, 0.29) is 13.2 Å². The summed E-state index contributed by atoms with van der Waals surface area (Å²) in [4.78, 5) is 20.1. The van der Waals surface area contributed by atoms with Gasteiger partial charge in [0.1, 0.15) is 13.2 Å². The molecule has 5 nitrogen and oxygen atoms in total. The highest BCUT2D eigenvalue weighted by molar-refractivity contribution is 5.74. The maximum absolute atomic E-state index is 11.9. The molecule has 0 aliphatic heterocycles. The Morgan fingerprint density at radius 3 is 1.89 bits per heavy atom. The number of carbonyl (C=O) groups is 1. The highest BCUT2D eigenvalue weighted by Gasteiger charge is 2.08. The lowest BCUT2D eigenvalue weighted by Crippen LogP contribution is -2.13. The molecule has 3 aromatic rings. The summed E-state index contributed by atoms with van der Waals surface area (Å²) in [6.07, 6.45) is 7.03. The normalized spacial score (nSPS) is 10.5. The number of carbonyl (C=O) groups excluding carboxylic acids is 1. The second kappa shape index (κ2) is 9.58. The van der Waals surface area contributed by atoms with Gasteiger partial charge in [0.05, 0.1) is 6.61 Å². The molecule has 0 saturated heterocycles. The zero-order valence-electron chi connectivity index (χ0n) is 15.8. The standard InChI is InChI=1S/C23H22N2O3/c1-17(2)14-27-16-23(26)28-15-18-11-21(19-3-7-24-8-4-19)13-22(12-18)20-5-9-25-10-6-20/h3-13H,1,14-16H2,2H3. The van der Waals surface area contributed by atoms with E-state index in [9.17, 15) is 4.79 Å². The Morgan fingerprint density at radius 1 is 0.857 bits per heavy atom. The lowest BCUT2D eigenvalue weighted by molar-refractivity contribution is -0.149. The first-order valence-electron chi connectivity index (χ1n) is 8.94. The Kier molecular flexibility index (Phi) is 6.65. The van der Waals surface area contributed by atoms with E-state index in [1.165, 1.54) is 0 Å². The first kappa shape index (κ1) is 19.5. The fourth-order valence-corrected chi connectivity index (χ4v) is 2.71. The van der Waals surface area contributed by atoms with Gasteiger partial charge in [-0.25, -0.2) is 4.79 Å². The van der Waals surface area contributed by atoms with Gasteiger partial charge in [-0.3, -0.25) is 9.97 Å². The van der Waals surface area contributed by atoms with Crippen LogP contribution in [-0.2, 0) is 20.9 Å². The SMILES string of the molecule is C=C(C)COCC(=O)OCc1cc(-c2ccncc2)cc(-c2ccncc2)c1. The van der Waals surface area contributed by atoms with Crippen molar-refractivity contribution in [1.82, 2.24) is 9.97 Å². The number of nitrogens with zero attached hydrogens (tertiary/aromatic N) is 2. The van der Waals surface area contributed by atoms with Gasteiger partial charge in [0.25, 0.3) is 0 Å². The van der Waals surface area contributed by atoms with E-state index in [0.717, 1.165) is 33.4 Å². The predicted molar refractivity (Wildman–Crippen MR) is 108 cm³/mol. The molecule has 0 amide bonds. The van der Waals surface area contributed by atoms with E-state index in [0.29, 0.717) is 6.61 Å². The molecule has 0 radical (unpaired) electrons. The third kappa shape index (κ3) is 5.59. The zero-order valence-corrected chi connectivity index (χ0v) is 15.8. The number of benzene rings is 1. The van der Waals surface area contributed by atoms with Crippen LogP contribution in [0.4, 0.5) is 0 Å². The molecule has 0 spiro atoms. The number of aromatic nitrogens is 2. The van der Waals surface area contributed by atoms with Crippen molar-refractivity contribution >= 4 is 5.97 Å². The van der Waals surface area contributed by atoms with Gasteiger partial charge in [-0.2, -0.15) is 0 Å². The van der Waals surface area contributed by atoms with Crippen LogP contribution in [0.25, 0.3) is 22.3 Å². The van der Waals surface area contributed by atoms with Crippen molar-refractivity contribution in [3.8, 4) is 22.3 Å². The Labute approximate surface area is 164 Å². The third-order valence-corrected chi connectivity index (χ3v) is 3.99. The summed E-state index contributed by atoms with van der Waals surface area (Å²) in [7, 11) is 0. The number of pyridine rings is 2. The molecule has 0 saturated carbocycles. The molecule has 0 atom stereocenters. The fourth-order valence-electron chi connectivity index (χ4n) is 2.71. The summed E-state index contributed by atoms with van der Waals surface area (Å²) < 4.78 is 10.6. The molecule has 0 bridgehead atoms. The Bertz CT molecular complexity index is 883. The minimum absolute atomic E-state index is 0.0892. The minimum Gasteiger partial charge on any atom is -0.459 e. The highest BCUT2D eigenvalue weighted by Crippen LogP contribution is 2.28. The molecule has 2 heterocycles. The summed E-state index contributed by atoms with van der Waals surface area (Å²) in [5.74, 6) is -0.402. The second-order valence-corrected chi connectivity index (χ2v) is 6.50. The molecule has 3 rings (SSSR count). The van der Waals surface area contributed by atoms with E-state index >= 15 is 0 Å². The van der Waals surface area contributed by atoms with Crippen molar-refractivity contribution in [2.75, 3.05) is 13.2 Å². The average molecular weight is 374 g/mol. The summed E-state index contributed by atoms with van der Waals surface area (Å²) >= 11 is 0. The molecule has 2 aromatic heterocycles. The van der Waals surface area contributed by atoms with Gasteiger partial charge in [0, 0.05) is 24.8 Å². The number of esters is 1. The molecular formula is C23H22N2O3. The van der Waals surface area contributed by atoms with Gasteiger partial charge in [-0.1, -0.05) is 12.2 Å². The van der Waals surface area contributed by atoms with E-state index in [1.807, 2.05) is 43.3 Å². The summed E-state index contributed by atoms with van der Waals surface area (Å²) in [5, 5.41) is 0. The van der Waals surface area contributed by atoms with Crippen LogP contribution in [0.2, 0.25) is 0 Å². The Balaban J connectivity index is 1.80. The van der Waals surface area contributed by atoms with Crippen LogP contribution in [0, 0.1) is 0 Å². The van der Waals surface area contributed by atoms with Crippen molar-refractivity contribution in [2.24, 2.45) is 0 Å². The molecule has 0 unspecified atom stereocenters. The van der Waals surface area contributed by atoms with E-state index < -0.39 is 5.97 Å². The van der Waals surface area contributed by atoms with Crippen LogP contribution in [-0.4, -0.2) is 29.2 Å². The van der Waals surface area contributed by atoms with E-state index in [2.05, 4.69) is 22.6 Å². The van der Waals surface area contributed by atoms with Gasteiger partial charge in [-0.15, -0.1) is 0 Å². The largest absolute Gasteiger partial charge is 0.459 e. The van der Waals surface area contributed by atoms with E-state index in [1.54, 1.807) is 24.8 Å². The van der Waals surface area contributed by atoms with Crippen molar-refractivity contribution in [3.63, 3.8) is 0 Å². The van der Waals surface area contributed by atoms with Crippen LogP contribution in [0.15, 0.2) is 79.4 Å². The fraction of sp³-hybridized carbons (Fsp3) is 0.174. The summed E-state index contributed by atoms with van der Waals surface area (Å²) in [5.41, 5.74) is 5.91. The zero-order chi connectivity index (χ0) is 19.8. The topological polar surface area (TPSA) is 61.3 Å². The Morgan fingerprint density at radius 2 is 1.39 bits per heavy atom. The average Bonchev–Trinajstić information content (AvgIpc) is 2.73. The molecule has 0 aliphatic rings. The minimum atomic E-state index is -0.402. The molecule has 28 heavy (non-hydrogen) atoms. The predicted octanol–water partition coefficient (Wildman–Crippen LogP) is 4.45. The van der Waals surface area contributed by atoms with Crippen molar-refractivity contribution in [1.29, 1.82) is 0 Å². The lowest BCUT2D eigenvalue weighted by Gasteiger charge is -2.11. The highest BCUT2D eigenvalue weighted by atomic mass is 16.6.